The van der Waals surface area contributed by atoms with Gasteiger partial charge in [-0.25, -0.2) is 9.97 Å². The van der Waals surface area contributed by atoms with Crippen molar-refractivity contribution in [3.8, 4) is 45.5 Å². The van der Waals surface area contributed by atoms with Crippen LogP contribution in [0.4, 0.5) is 28.9 Å². The van der Waals surface area contributed by atoms with Crippen LogP contribution in [-0.2, 0) is 0 Å². The fourth-order valence-electron chi connectivity index (χ4n) is 6.83. The van der Waals surface area contributed by atoms with Crippen LogP contribution in [0.2, 0.25) is 0 Å². The average Bonchev–Trinajstić information content (AvgIpc) is 3.21. The number of ether oxygens (including phenoxy) is 3. The maximum Gasteiger partial charge on any atom is 0.387 e. The van der Waals surface area contributed by atoms with Crippen molar-refractivity contribution in [2.45, 2.75) is 26.2 Å². The summed E-state index contributed by atoms with van der Waals surface area (Å²) in [6.07, 6.45) is 3.54. The summed E-state index contributed by atoms with van der Waals surface area (Å²) < 4.78 is 67.2. The van der Waals surface area contributed by atoms with Gasteiger partial charge >= 0.3 is 13.2 Å². The van der Waals surface area contributed by atoms with Crippen LogP contribution in [0.5, 0.6) is 23.0 Å². The van der Waals surface area contributed by atoms with Crippen LogP contribution >= 0.6 is 0 Å². The number of pyridine rings is 2. The van der Waals surface area contributed by atoms with Crippen LogP contribution in [0, 0.1) is 0 Å². The summed E-state index contributed by atoms with van der Waals surface area (Å²) in [5.74, 6) is -0.729. The second kappa shape index (κ2) is 17.4. The van der Waals surface area contributed by atoms with Gasteiger partial charge in [0.05, 0.1) is 29.9 Å². The number of piperazine rings is 2. The van der Waals surface area contributed by atoms with Crippen molar-refractivity contribution < 1.29 is 36.9 Å². The number of phenolic OH excluding ortho intramolecular Hbond substituents is 1. The molecule has 2 saturated heterocycles. The molecule has 2 aliphatic heterocycles. The van der Waals surface area contributed by atoms with Gasteiger partial charge < -0.3 is 39.8 Å². The molecule has 18 heteroatoms. The number of hydrogen-bond acceptors (Lipinski definition) is 12. The zero-order valence-corrected chi connectivity index (χ0v) is 31.4. The standard InChI is InChI=1S/C21H22F2N4O3.C19H18F2N4O3/c1-13-11-26(8-7-24-13)15-4-6-19-25-16(10-20(28)27(19)12-15)14-3-5-17(29-2)18(9-14)30-21(22)23;20-19(21)28-16-9-12(1-3-15(16)26)14-10-18(27)25-11-13(2-4-17(25)23-14)24-7-5-22-6-8-24/h3-6,9-10,12-13,21,24H,7-8,11H2,1-2H3;1-4,9-11,19,22,26H,5-8H2/t13-;/m0./s1. The van der Waals surface area contributed by atoms with E-state index in [2.05, 4.69) is 46.8 Å². The number of benzene rings is 2. The Kier molecular flexibility index (Phi) is 11.9. The lowest BCUT2D eigenvalue weighted by Gasteiger charge is -2.33. The van der Waals surface area contributed by atoms with Crippen molar-refractivity contribution >= 4 is 22.7 Å². The monoisotopic (exact) mass is 804 g/mol. The Morgan fingerprint density at radius 3 is 1.79 bits per heavy atom. The Bertz CT molecular complexity index is 2530. The molecule has 4 aromatic heterocycles. The number of anilines is 2. The van der Waals surface area contributed by atoms with Crippen LogP contribution in [0.1, 0.15) is 6.92 Å². The van der Waals surface area contributed by atoms with E-state index in [4.69, 9.17) is 4.74 Å². The van der Waals surface area contributed by atoms with Crippen molar-refractivity contribution in [1.29, 1.82) is 0 Å². The fourth-order valence-corrected chi connectivity index (χ4v) is 6.83. The van der Waals surface area contributed by atoms with Gasteiger partial charge in [-0.15, -0.1) is 0 Å². The summed E-state index contributed by atoms with van der Waals surface area (Å²) in [6, 6.07) is 18.9. The molecule has 1 atom stereocenters. The van der Waals surface area contributed by atoms with Crippen LogP contribution in [0.25, 0.3) is 33.8 Å². The van der Waals surface area contributed by atoms with E-state index in [1.165, 1.54) is 58.4 Å². The van der Waals surface area contributed by atoms with E-state index in [0.717, 1.165) is 57.2 Å². The molecular formula is C40H40F4N8O6. The second-order valence-corrected chi connectivity index (χ2v) is 13.5. The van der Waals surface area contributed by atoms with E-state index in [1.807, 2.05) is 12.1 Å². The van der Waals surface area contributed by atoms with Crippen LogP contribution in [-0.4, -0.2) is 96.1 Å². The number of nitrogens with one attached hydrogen (secondary N) is 2. The first-order chi connectivity index (χ1) is 27.9. The summed E-state index contributed by atoms with van der Waals surface area (Å²) >= 11 is 0. The molecule has 0 spiro atoms. The smallest absolute Gasteiger partial charge is 0.387 e. The highest BCUT2D eigenvalue weighted by Crippen LogP contribution is 2.34. The van der Waals surface area contributed by atoms with Crippen molar-refractivity contribution in [3.63, 3.8) is 0 Å². The van der Waals surface area contributed by atoms with Gasteiger partial charge in [-0.1, -0.05) is 0 Å². The van der Waals surface area contributed by atoms with Gasteiger partial charge in [0.15, 0.2) is 23.0 Å². The lowest BCUT2D eigenvalue weighted by atomic mass is 10.1. The maximum absolute atomic E-state index is 12.8. The molecule has 0 amide bonds. The largest absolute Gasteiger partial charge is 0.504 e. The Morgan fingerprint density at radius 2 is 1.22 bits per heavy atom. The lowest BCUT2D eigenvalue weighted by Crippen LogP contribution is -2.49. The first-order valence-electron chi connectivity index (χ1n) is 18.4. The van der Waals surface area contributed by atoms with Gasteiger partial charge in [-0.2, -0.15) is 17.6 Å². The predicted molar refractivity (Wildman–Crippen MR) is 210 cm³/mol. The van der Waals surface area contributed by atoms with Crippen molar-refractivity contribution in [3.05, 3.63) is 106 Å². The van der Waals surface area contributed by atoms with E-state index in [-0.39, 0.29) is 28.4 Å². The third-order valence-corrected chi connectivity index (χ3v) is 9.65. The molecule has 2 fully saturated rings. The molecule has 58 heavy (non-hydrogen) atoms. The Balaban J connectivity index is 0.000000177. The zero-order valence-electron chi connectivity index (χ0n) is 31.4. The van der Waals surface area contributed by atoms with Gasteiger partial charge in [0.1, 0.15) is 11.3 Å². The molecule has 0 radical (unpaired) electrons. The first-order valence-corrected chi connectivity index (χ1v) is 18.4. The highest BCUT2D eigenvalue weighted by atomic mass is 19.3. The minimum Gasteiger partial charge on any atom is -0.504 e. The summed E-state index contributed by atoms with van der Waals surface area (Å²) in [7, 11) is 1.37. The number of phenols is 1. The number of rotatable bonds is 9. The Morgan fingerprint density at radius 1 is 0.690 bits per heavy atom. The molecule has 6 heterocycles. The number of hydrogen-bond donors (Lipinski definition) is 3. The molecule has 0 bridgehead atoms. The fraction of sp³-hybridized carbons (Fsp3) is 0.300. The minimum absolute atomic E-state index is 0.116. The van der Waals surface area contributed by atoms with E-state index >= 15 is 0 Å². The zero-order chi connectivity index (χ0) is 40.9. The molecule has 0 aliphatic carbocycles. The van der Waals surface area contributed by atoms with Crippen LogP contribution < -0.4 is 45.8 Å². The average molecular weight is 805 g/mol. The number of aromatic nitrogens is 4. The number of halogens is 4. The van der Waals surface area contributed by atoms with E-state index < -0.39 is 19.0 Å². The molecule has 14 nitrogen and oxygen atoms in total. The third kappa shape index (κ3) is 9.08. The Hall–Kier alpha value is -6.40. The highest BCUT2D eigenvalue weighted by Gasteiger charge is 2.19. The third-order valence-electron chi connectivity index (χ3n) is 9.65. The molecule has 2 aromatic carbocycles. The SMILES string of the molecule is COc1ccc(-c2cc(=O)n3cc(N4CCN[C@@H](C)C4)ccc3n2)cc1OC(F)F.O=c1cc(-c2ccc(O)c(OC(F)F)c2)nc2ccc(N3CCNCC3)cn12. The second-order valence-electron chi connectivity index (χ2n) is 13.5. The number of fused-ring (bicyclic) bond motifs is 2. The van der Waals surface area contributed by atoms with Crippen molar-refractivity contribution in [1.82, 2.24) is 29.4 Å². The normalized spacial score (nSPS) is 15.8. The van der Waals surface area contributed by atoms with Gasteiger partial charge in [0.25, 0.3) is 11.1 Å². The highest BCUT2D eigenvalue weighted by molar-refractivity contribution is 5.67. The van der Waals surface area contributed by atoms with Crippen molar-refractivity contribution in [2.24, 2.45) is 0 Å². The van der Waals surface area contributed by atoms with E-state index in [9.17, 15) is 32.3 Å². The number of alkyl halides is 4. The summed E-state index contributed by atoms with van der Waals surface area (Å²) in [6.45, 7) is 2.12. The number of methoxy groups -OCH3 is 1. The van der Waals surface area contributed by atoms with Gasteiger partial charge in [-0.3, -0.25) is 18.4 Å². The van der Waals surface area contributed by atoms with Crippen molar-refractivity contribution in [2.75, 3.05) is 62.7 Å². The maximum atomic E-state index is 12.8. The quantitative estimate of drug-likeness (QED) is 0.172. The summed E-state index contributed by atoms with van der Waals surface area (Å²) in [4.78, 5) is 38.8. The lowest BCUT2D eigenvalue weighted by molar-refractivity contribution is -0.0518. The van der Waals surface area contributed by atoms with Crippen LogP contribution in [0.15, 0.2) is 94.8 Å². The van der Waals surface area contributed by atoms with Gasteiger partial charge in [0.2, 0.25) is 0 Å². The summed E-state index contributed by atoms with van der Waals surface area (Å²) in [5, 5.41) is 16.3. The Labute approximate surface area is 328 Å². The molecule has 0 unspecified atom stereocenters. The first kappa shape index (κ1) is 39.8. The number of aromatic hydroxyl groups is 1. The van der Waals surface area contributed by atoms with E-state index in [0.29, 0.717) is 39.9 Å². The molecule has 0 saturated carbocycles. The molecule has 2 aliphatic rings. The van der Waals surface area contributed by atoms with Gasteiger partial charge in [0, 0.05) is 87.5 Å². The molecular weight excluding hydrogens is 764 g/mol. The molecule has 3 N–H and O–H groups in total. The topological polar surface area (TPSA) is 147 Å². The van der Waals surface area contributed by atoms with Gasteiger partial charge in [-0.05, 0) is 67.6 Å². The predicted octanol–water partition coefficient (Wildman–Crippen LogP) is 4.85. The van der Waals surface area contributed by atoms with E-state index in [1.54, 1.807) is 30.6 Å². The minimum atomic E-state index is -3.07. The number of nitrogens with zero attached hydrogens (tertiary/aromatic N) is 6. The molecule has 8 rings (SSSR count). The summed E-state index contributed by atoms with van der Waals surface area (Å²) in [5.41, 5.74) is 3.78. The van der Waals surface area contributed by atoms with Crippen LogP contribution in [0.3, 0.4) is 0 Å². The molecule has 6 aromatic rings. The molecule has 304 valence electrons.